The zero-order valence-corrected chi connectivity index (χ0v) is 16.5. The van der Waals surface area contributed by atoms with E-state index in [4.69, 9.17) is 4.74 Å². The van der Waals surface area contributed by atoms with Crippen molar-refractivity contribution in [3.05, 3.63) is 11.9 Å². The van der Waals surface area contributed by atoms with Crippen LogP contribution in [-0.2, 0) is 22.5 Å². The SMILES string of the molecule is CCCc1cn(CC[C@@H]2CC[C@@H](NC(=O)C3CCCCC3)[C@@H](CO)O2)nn1. The van der Waals surface area contributed by atoms with E-state index in [9.17, 15) is 9.90 Å². The van der Waals surface area contributed by atoms with Gasteiger partial charge in [0.2, 0.25) is 5.91 Å². The summed E-state index contributed by atoms with van der Waals surface area (Å²) in [6.07, 6.45) is 11.9. The highest BCUT2D eigenvalue weighted by atomic mass is 16.5. The molecule has 1 aliphatic carbocycles. The van der Waals surface area contributed by atoms with Crippen molar-refractivity contribution in [2.24, 2.45) is 5.92 Å². The van der Waals surface area contributed by atoms with Gasteiger partial charge in [0.1, 0.15) is 6.10 Å². The molecule has 152 valence electrons. The van der Waals surface area contributed by atoms with Gasteiger partial charge in [-0.1, -0.05) is 37.8 Å². The Hall–Kier alpha value is -1.47. The van der Waals surface area contributed by atoms with Crippen LogP contribution in [0.4, 0.5) is 0 Å². The number of nitrogens with one attached hydrogen (secondary N) is 1. The van der Waals surface area contributed by atoms with Gasteiger partial charge in [0, 0.05) is 18.7 Å². The summed E-state index contributed by atoms with van der Waals surface area (Å²) in [5.41, 5.74) is 1.03. The molecule has 0 unspecified atom stereocenters. The van der Waals surface area contributed by atoms with Gasteiger partial charge in [-0.3, -0.25) is 9.48 Å². The van der Waals surface area contributed by atoms with Crippen LogP contribution in [0.5, 0.6) is 0 Å². The molecule has 1 saturated carbocycles. The quantitative estimate of drug-likeness (QED) is 0.724. The predicted octanol–water partition coefficient (Wildman–Crippen LogP) is 2.23. The molecule has 7 heteroatoms. The Bertz CT molecular complexity index is 586. The average Bonchev–Trinajstić information content (AvgIpc) is 3.15. The largest absolute Gasteiger partial charge is 0.394 e. The zero-order chi connectivity index (χ0) is 19.1. The van der Waals surface area contributed by atoms with Crippen LogP contribution < -0.4 is 5.32 Å². The molecule has 1 saturated heterocycles. The first-order valence-electron chi connectivity index (χ1n) is 10.6. The third-order valence-corrected chi connectivity index (χ3v) is 5.87. The molecule has 1 amide bonds. The molecule has 1 aromatic heterocycles. The summed E-state index contributed by atoms with van der Waals surface area (Å²) in [5.74, 6) is 0.284. The Labute approximate surface area is 161 Å². The predicted molar refractivity (Wildman–Crippen MR) is 102 cm³/mol. The van der Waals surface area contributed by atoms with Gasteiger partial charge in [-0.05, 0) is 38.5 Å². The first-order valence-corrected chi connectivity index (χ1v) is 10.6. The molecule has 0 bridgehead atoms. The Morgan fingerprint density at radius 1 is 1.30 bits per heavy atom. The molecule has 7 nitrogen and oxygen atoms in total. The number of carbonyl (C=O) groups excluding carboxylic acids is 1. The fourth-order valence-corrected chi connectivity index (χ4v) is 4.27. The number of carbonyl (C=O) groups is 1. The highest BCUT2D eigenvalue weighted by Gasteiger charge is 2.33. The molecule has 0 aromatic carbocycles. The van der Waals surface area contributed by atoms with E-state index < -0.39 is 0 Å². The van der Waals surface area contributed by atoms with E-state index in [0.717, 1.165) is 70.0 Å². The molecule has 0 spiro atoms. The smallest absolute Gasteiger partial charge is 0.223 e. The lowest BCUT2D eigenvalue weighted by Gasteiger charge is -2.37. The topological polar surface area (TPSA) is 89.3 Å². The lowest BCUT2D eigenvalue weighted by atomic mass is 9.88. The van der Waals surface area contributed by atoms with Crippen molar-refractivity contribution in [1.29, 1.82) is 0 Å². The summed E-state index contributed by atoms with van der Waals surface area (Å²) in [6, 6.07) is -0.0804. The second-order valence-electron chi connectivity index (χ2n) is 8.02. The second-order valence-corrected chi connectivity index (χ2v) is 8.02. The van der Waals surface area contributed by atoms with Crippen molar-refractivity contribution >= 4 is 5.91 Å². The monoisotopic (exact) mass is 378 g/mol. The lowest BCUT2D eigenvalue weighted by Crippen LogP contribution is -2.52. The molecule has 2 aliphatic rings. The highest BCUT2D eigenvalue weighted by Crippen LogP contribution is 2.26. The van der Waals surface area contributed by atoms with Crippen LogP contribution in [0.15, 0.2) is 6.20 Å². The van der Waals surface area contributed by atoms with Gasteiger partial charge >= 0.3 is 0 Å². The maximum atomic E-state index is 12.5. The zero-order valence-electron chi connectivity index (χ0n) is 16.5. The summed E-state index contributed by atoms with van der Waals surface area (Å²) < 4.78 is 7.96. The van der Waals surface area contributed by atoms with E-state index in [0.29, 0.717) is 0 Å². The minimum absolute atomic E-state index is 0.0594. The number of aliphatic hydroxyl groups excluding tert-OH is 1. The van der Waals surface area contributed by atoms with Gasteiger partial charge in [0.25, 0.3) is 0 Å². The molecule has 1 aliphatic heterocycles. The summed E-state index contributed by atoms with van der Waals surface area (Å²) in [5, 5.41) is 21.2. The van der Waals surface area contributed by atoms with E-state index in [2.05, 4.69) is 22.6 Å². The fraction of sp³-hybridized carbons (Fsp3) is 0.850. The summed E-state index contributed by atoms with van der Waals surface area (Å²) in [7, 11) is 0. The number of aryl methyl sites for hydroxylation is 2. The van der Waals surface area contributed by atoms with Crippen LogP contribution in [0.3, 0.4) is 0 Å². The lowest BCUT2D eigenvalue weighted by molar-refractivity contribution is -0.133. The third-order valence-electron chi connectivity index (χ3n) is 5.87. The Morgan fingerprint density at radius 3 is 2.85 bits per heavy atom. The molecule has 2 fully saturated rings. The van der Waals surface area contributed by atoms with Gasteiger partial charge in [-0.25, -0.2) is 0 Å². The molecule has 1 aromatic rings. The maximum absolute atomic E-state index is 12.5. The van der Waals surface area contributed by atoms with Gasteiger partial charge in [0.05, 0.1) is 24.4 Å². The van der Waals surface area contributed by atoms with E-state index in [1.165, 1.54) is 6.42 Å². The number of ether oxygens (including phenoxy) is 1. The first-order chi connectivity index (χ1) is 13.2. The average molecular weight is 379 g/mol. The first kappa shape index (κ1) is 20.3. The second kappa shape index (κ2) is 10.2. The van der Waals surface area contributed by atoms with Gasteiger partial charge in [0.15, 0.2) is 0 Å². The Morgan fingerprint density at radius 2 is 2.11 bits per heavy atom. The number of aromatic nitrogens is 3. The summed E-state index contributed by atoms with van der Waals surface area (Å²) >= 11 is 0. The summed E-state index contributed by atoms with van der Waals surface area (Å²) in [4.78, 5) is 12.5. The van der Waals surface area contributed by atoms with Gasteiger partial charge in [-0.15, -0.1) is 5.10 Å². The van der Waals surface area contributed by atoms with Crippen LogP contribution in [0.1, 0.15) is 70.4 Å². The highest BCUT2D eigenvalue weighted by molar-refractivity contribution is 5.79. The van der Waals surface area contributed by atoms with Crippen molar-refractivity contribution in [3.63, 3.8) is 0 Å². The molecule has 3 rings (SSSR count). The summed E-state index contributed by atoms with van der Waals surface area (Å²) in [6.45, 7) is 2.84. The van der Waals surface area contributed by atoms with Crippen LogP contribution in [-0.4, -0.2) is 50.9 Å². The third kappa shape index (κ3) is 5.75. The molecule has 0 radical (unpaired) electrons. The number of hydrogen-bond acceptors (Lipinski definition) is 5. The maximum Gasteiger partial charge on any atom is 0.223 e. The van der Waals surface area contributed by atoms with Crippen molar-refractivity contribution < 1.29 is 14.6 Å². The van der Waals surface area contributed by atoms with Crippen molar-refractivity contribution in [3.8, 4) is 0 Å². The van der Waals surface area contributed by atoms with E-state index in [1.807, 2.05) is 10.9 Å². The van der Waals surface area contributed by atoms with Crippen molar-refractivity contribution in [1.82, 2.24) is 20.3 Å². The van der Waals surface area contributed by atoms with E-state index in [1.54, 1.807) is 0 Å². The standard InChI is InChI=1S/C20H34N4O3/c1-2-6-16-13-24(23-22-16)12-11-17-9-10-18(19(14-25)27-17)21-20(26)15-7-4-3-5-8-15/h13,15,17-19,25H,2-12,14H2,1H3,(H,21,26)/t17-,18+,19+/m0/s1. The number of rotatable bonds is 8. The number of amides is 1. The van der Waals surface area contributed by atoms with Crippen LogP contribution in [0.2, 0.25) is 0 Å². The van der Waals surface area contributed by atoms with E-state index >= 15 is 0 Å². The minimum Gasteiger partial charge on any atom is -0.394 e. The normalized spacial score (nSPS) is 26.8. The number of nitrogens with zero attached hydrogens (tertiary/aromatic N) is 3. The van der Waals surface area contributed by atoms with Gasteiger partial charge in [-0.2, -0.15) is 0 Å². The van der Waals surface area contributed by atoms with Gasteiger partial charge < -0.3 is 15.2 Å². The van der Waals surface area contributed by atoms with Crippen LogP contribution in [0, 0.1) is 5.92 Å². The molecular weight excluding hydrogens is 344 g/mol. The minimum atomic E-state index is -0.317. The molecule has 2 heterocycles. The Balaban J connectivity index is 1.44. The number of aliphatic hydroxyl groups is 1. The van der Waals surface area contributed by atoms with Crippen LogP contribution >= 0.6 is 0 Å². The molecule has 3 atom stereocenters. The van der Waals surface area contributed by atoms with Crippen molar-refractivity contribution in [2.75, 3.05) is 6.61 Å². The van der Waals surface area contributed by atoms with Crippen LogP contribution in [0.25, 0.3) is 0 Å². The molecule has 27 heavy (non-hydrogen) atoms. The molecular formula is C20H34N4O3. The number of hydrogen-bond donors (Lipinski definition) is 2. The van der Waals surface area contributed by atoms with E-state index in [-0.39, 0.29) is 36.7 Å². The molecule has 2 N–H and O–H groups in total. The Kier molecular flexibility index (Phi) is 7.64. The van der Waals surface area contributed by atoms with Crippen molar-refractivity contribution in [2.45, 2.75) is 95.9 Å². The fourth-order valence-electron chi connectivity index (χ4n) is 4.27.